The smallest absolute Gasteiger partial charge is 0.341 e. The van der Waals surface area contributed by atoms with E-state index in [1.165, 1.54) is 6.20 Å². The lowest BCUT2D eigenvalue weighted by Crippen LogP contribution is -2.20. The predicted molar refractivity (Wildman–Crippen MR) is 73.0 cm³/mol. The Morgan fingerprint density at radius 1 is 1.37 bits per heavy atom. The van der Waals surface area contributed by atoms with Gasteiger partial charge < -0.3 is 10.0 Å². The van der Waals surface area contributed by atoms with Gasteiger partial charge in [0.05, 0.1) is 11.9 Å². The second kappa shape index (κ2) is 4.22. The fourth-order valence-corrected chi connectivity index (χ4v) is 1.80. The minimum Gasteiger partial charge on any atom is -0.477 e. The Hall–Kier alpha value is -2.11. The number of rotatable bonds is 2. The van der Waals surface area contributed by atoms with Crippen LogP contribution in [0.2, 0.25) is 0 Å². The molecule has 1 N–H and O–H groups in total. The van der Waals surface area contributed by atoms with Gasteiger partial charge in [-0.2, -0.15) is 9.61 Å². The van der Waals surface area contributed by atoms with Crippen molar-refractivity contribution in [2.24, 2.45) is 0 Å². The van der Waals surface area contributed by atoms with Gasteiger partial charge in [-0.05, 0) is 0 Å². The van der Waals surface area contributed by atoms with Crippen LogP contribution in [-0.4, -0.2) is 39.8 Å². The van der Waals surface area contributed by atoms with Crippen molar-refractivity contribution in [2.75, 3.05) is 19.0 Å². The van der Waals surface area contributed by atoms with Crippen molar-refractivity contribution < 1.29 is 9.90 Å². The van der Waals surface area contributed by atoms with E-state index in [1.807, 2.05) is 45.8 Å². The van der Waals surface area contributed by atoms with Gasteiger partial charge in [-0.15, -0.1) is 0 Å². The van der Waals surface area contributed by atoms with Crippen molar-refractivity contribution in [1.29, 1.82) is 0 Å². The quantitative estimate of drug-likeness (QED) is 0.893. The largest absolute Gasteiger partial charge is 0.477 e. The highest BCUT2D eigenvalue weighted by atomic mass is 16.4. The average molecular weight is 262 g/mol. The Labute approximate surface area is 111 Å². The molecule has 2 heterocycles. The van der Waals surface area contributed by atoms with Crippen LogP contribution in [0.5, 0.6) is 0 Å². The molecule has 102 valence electrons. The van der Waals surface area contributed by atoms with Gasteiger partial charge in [0, 0.05) is 25.6 Å². The van der Waals surface area contributed by atoms with Crippen LogP contribution in [0.4, 0.5) is 5.82 Å². The lowest BCUT2D eigenvalue weighted by molar-refractivity contribution is 0.0698. The zero-order chi connectivity index (χ0) is 14.4. The Kier molecular flexibility index (Phi) is 2.96. The van der Waals surface area contributed by atoms with Crippen LogP contribution < -0.4 is 4.90 Å². The molecule has 2 rings (SSSR count). The lowest BCUT2D eigenvalue weighted by Gasteiger charge is -2.21. The lowest BCUT2D eigenvalue weighted by atomic mass is 9.92. The minimum atomic E-state index is -1.02. The monoisotopic (exact) mass is 262 g/mol. The molecule has 0 aliphatic heterocycles. The van der Waals surface area contributed by atoms with Crippen molar-refractivity contribution in [3.63, 3.8) is 0 Å². The van der Waals surface area contributed by atoms with Crippen LogP contribution in [-0.2, 0) is 5.41 Å². The van der Waals surface area contributed by atoms with E-state index in [0.29, 0.717) is 5.65 Å². The SMILES string of the molecule is CN(C)c1cc(C(C)(C)C)nc2c(C(=O)O)cnn12. The summed E-state index contributed by atoms with van der Waals surface area (Å²) in [4.78, 5) is 17.6. The molecule has 0 aromatic carbocycles. The molecule has 0 bridgehead atoms. The third-order valence-corrected chi connectivity index (χ3v) is 2.91. The second-order valence-electron chi connectivity index (χ2n) is 5.74. The molecule has 0 radical (unpaired) electrons. The van der Waals surface area contributed by atoms with Crippen LogP contribution in [0.25, 0.3) is 5.65 Å². The summed E-state index contributed by atoms with van der Waals surface area (Å²) in [6.07, 6.45) is 1.34. The highest BCUT2D eigenvalue weighted by molar-refractivity contribution is 5.94. The Morgan fingerprint density at radius 3 is 2.47 bits per heavy atom. The standard InChI is InChI=1S/C13H18N4O2/c1-13(2,3)9-6-10(16(4)5)17-11(15-9)8(7-14-17)12(18)19/h6-7H,1-5H3,(H,18,19). The molecule has 0 saturated heterocycles. The van der Waals surface area contributed by atoms with Gasteiger partial charge in [-0.25, -0.2) is 9.78 Å². The summed E-state index contributed by atoms with van der Waals surface area (Å²) in [6.45, 7) is 6.13. The van der Waals surface area contributed by atoms with Crippen LogP contribution in [0.3, 0.4) is 0 Å². The number of carboxylic acids is 1. The number of anilines is 1. The molecule has 0 unspecified atom stereocenters. The molecule has 6 heteroatoms. The Balaban J connectivity index is 2.83. The van der Waals surface area contributed by atoms with E-state index in [0.717, 1.165) is 11.5 Å². The minimum absolute atomic E-state index is 0.120. The van der Waals surface area contributed by atoms with Gasteiger partial charge in [-0.3, -0.25) is 0 Å². The van der Waals surface area contributed by atoms with Gasteiger partial charge in [0.15, 0.2) is 5.65 Å². The summed E-state index contributed by atoms with van der Waals surface area (Å²) >= 11 is 0. The molecule has 0 aliphatic carbocycles. The summed E-state index contributed by atoms with van der Waals surface area (Å²) in [5, 5.41) is 13.3. The van der Waals surface area contributed by atoms with Crippen molar-refractivity contribution >= 4 is 17.4 Å². The topological polar surface area (TPSA) is 70.7 Å². The molecule has 6 nitrogen and oxygen atoms in total. The zero-order valence-electron chi connectivity index (χ0n) is 11.8. The van der Waals surface area contributed by atoms with Crippen LogP contribution in [0.1, 0.15) is 36.8 Å². The Bertz CT molecular complexity index is 638. The summed E-state index contributed by atoms with van der Waals surface area (Å²) in [5.41, 5.74) is 1.18. The number of carbonyl (C=O) groups is 1. The third kappa shape index (κ3) is 2.25. The number of carboxylic acid groups (broad SMARTS) is 1. The van der Waals surface area contributed by atoms with Gasteiger partial charge in [-0.1, -0.05) is 20.8 Å². The maximum absolute atomic E-state index is 11.2. The zero-order valence-corrected chi connectivity index (χ0v) is 11.8. The summed E-state index contributed by atoms with van der Waals surface area (Å²) < 4.78 is 1.55. The molecular formula is C13H18N4O2. The number of hydrogen-bond acceptors (Lipinski definition) is 4. The first-order chi connectivity index (χ1) is 8.71. The Morgan fingerprint density at radius 2 is 2.00 bits per heavy atom. The van der Waals surface area contributed by atoms with E-state index in [2.05, 4.69) is 10.1 Å². The van der Waals surface area contributed by atoms with Crippen molar-refractivity contribution in [3.8, 4) is 0 Å². The summed E-state index contributed by atoms with van der Waals surface area (Å²) in [6, 6.07) is 1.94. The first-order valence-corrected chi connectivity index (χ1v) is 6.01. The first kappa shape index (κ1) is 13.3. The molecule has 0 saturated carbocycles. The third-order valence-electron chi connectivity index (χ3n) is 2.91. The van der Waals surface area contributed by atoms with Gasteiger partial charge >= 0.3 is 5.97 Å². The van der Waals surface area contributed by atoms with Crippen molar-refractivity contribution in [2.45, 2.75) is 26.2 Å². The number of nitrogens with zero attached hydrogens (tertiary/aromatic N) is 4. The van der Waals surface area contributed by atoms with Crippen LogP contribution >= 0.6 is 0 Å². The van der Waals surface area contributed by atoms with Crippen LogP contribution in [0.15, 0.2) is 12.3 Å². The fourth-order valence-electron chi connectivity index (χ4n) is 1.80. The van der Waals surface area contributed by atoms with Crippen molar-refractivity contribution in [1.82, 2.24) is 14.6 Å². The molecule has 0 fully saturated rings. The molecule has 19 heavy (non-hydrogen) atoms. The predicted octanol–water partition coefficient (Wildman–Crippen LogP) is 1.79. The maximum atomic E-state index is 11.2. The molecule has 0 atom stereocenters. The molecule has 2 aromatic heterocycles. The molecule has 0 amide bonds. The molecule has 0 aliphatic rings. The normalized spacial score (nSPS) is 11.8. The molecular weight excluding hydrogens is 244 g/mol. The van der Waals surface area contributed by atoms with Gasteiger partial charge in [0.1, 0.15) is 11.4 Å². The number of aromatic carboxylic acids is 1. The second-order valence-corrected chi connectivity index (χ2v) is 5.74. The summed E-state index contributed by atoms with van der Waals surface area (Å²) in [7, 11) is 3.78. The molecule has 0 spiro atoms. The highest BCUT2D eigenvalue weighted by Gasteiger charge is 2.22. The van der Waals surface area contributed by atoms with Gasteiger partial charge in [0.2, 0.25) is 0 Å². The van der Waals surface area contributed by atoms with E-state index in [9.17, 15) is 9.90 Å². The number of fused-ring (bicyclic) bond motifs is 1. The van der Waals surface area contributed by atoms with E-state index in [1.54, 1.807) is 4.52 Å². The van der Waals surface area contributed by atoms with Crippen LogP contribution in [0, 0.1) is 0 Å². The van der Waals surface area contributed by atoms with Gasteiger partial charge in [0.25, 0.3) is 0 Å². The average Bonchev–Trinajstić information content (AvgIpc) is 2.69. The van der Waals surface area contributed by atoms with E-state index in [4.69, 9.17) is 0 Å². The fraction of sp³-hybridized carbons (Fsp3) is 0.462. The maximum Gasteiger partial charge on any atom is 0.341 e. The van der Waals surface area contributed by atoms with E-state index < -0.39 is 5.97 Å². The number of aromatic nitrogens is 3. The molecule has 2 aromatic rings. The van der Waals surface area contributed by atoms with Crippen molar-refractivity contribution in [3.05, 3.63) is 23.5 Å². The first-order valence-electron chi connectivity index (χ1n) is 6.01. The van der Waals surface area contributed by atoms with E-state index >= 15 is 0 Å². The van der Waals surface area contributed by atoms with E-state index in [-0.39, 0.29) is 11.0 Å². The number of hydrogen-bond donors (Lipinski definition) is 1. The summed E-state index contributed by atoms with van der Waals surface area (Å²) in [5.74, 6) is -0.208. The highest BCUT2D eigenvalue weighted by Crippen LogP contribution is 2.26.